The van der Waals surface area contributed by atoms with Gasteiger partial charge in [0.05, 0.1) is 18.8 Å². The molecule has 1 heterocycles. The molecule has 0 fully saturated rings. The van der Waals surface area contributed by atoms with Gasteiger partial charge >= 0.3 is 0 Å². The number of hydrogen-bond acceptors (Lipinski definition) is 3. The first-order valence-electron chi connectivity index (χ1n) is 9.63. The first-order valence-corrected chi connectivity index (χ1v) is 9.63. The molecule has 7 heteroatoms. The molecule has 0 radical (unpaired) electrons. The monoisotopic (exact) mass is 499 g/mol. The van der Waals surface area contributed by atoms with Gasteiger partial charge in [0.1, 0.15) is 5.75 Å². The van der Waals surface area contributed by atoms with Gasteiger partial charge in [-0.1, -0.05) is 26.0 Å². The second-order valence-corrected chi connectivity index (χ2v) is 7.22. The Kier molecular flexibility index (Phi) is 11.0. The van der Waals surface area contributed by atoms with Crippen LogP contribution in [0.5, 0.6) is 5.75 Å². The Bertz CT molecular complexity index is 742. The third-order valence-corrected chi connectivity index (χ3v) is 4.44. The van der Waals surface area contributed by atoms with Crippen LogP contribution in [0.1, 0.15) is 43.5 Å². The average Bonchev–Trinajstić information content (AvgIpc) is 3.05. The Balaban J connectivity index is 0.00000392. The molecule has 2 N–H and O–H groups in total. The first kappa shape index (κ1) is 24.3. The van der Waals surface area contributed by atoms with Crippen LogP contribution in [-0.4, -0.2) is 29.4 Å². The van der Waals surface area contributed by atoms with Crippen molar-refractivity contribution in [3.8, 4) is 5.75 Å². The maximum atomic E-state index is 6.06. The molecule has 0 aliphatic carbocycles. The minimum Gasteiger partial charge on any atom is -0.493 e. The molecule has 0 unspecified atom stereocenters. The zero-order chi connectivity index (χ0) is 19.6. The number of rotatable bonds is 9. The smallest absolute Gasteiger partial charge is 0.191 e. The molecule has 0 saturated heterocycles. The van der Waals surface area contributed by atoms with Crippen molar-refractivity contribution >= 4 is 29.9 Å². The SMILES string of the molecule is CN=C(NCc1ccc(C)cc1OCCCC(C)C)NCc1ccnn1C.I. The lowest BCUT2D eigenvalue weighted by Crippen LogP contribution is -2.36. The van der Waals surface area contributed by atoms with E-state index in [2.05, 4.69) is 59.7 Å². The lowest BCUT2D eigenvalue weighted by Gasteiger charge is -2.16. The zero-order valence-electron chi connectivity index (χ0n) is 17.7. The van der Waals surface area contributed by atoms with Crippen molar-refractivity contribution in [2.75, 3.05) is 13.7 Å². The standard InChI is InChI=1S/C21H33N5O.HI/c1-16(2)7-6-12-27-20-13-17(3)8-9-18(20)14-23-21(22-4)24-15-19-10-11-25-26(19)5;/h8-11,13,16H,6-7,12,14-15H2,1-5H3,(H2,22,23,24);1H. The number of aryl methyl sites for hydroxylation is 2. The molecular formula is C21H34IN5O. The van der Waals surface area contributed by atoms with Gasteiger partial charge in [0.2, 0.25) is 0 Å². The highest BCUT2D eigenvalue weighted by molar-refractivity contribution is 14.0. The van der Waals surface area contributed by atoms with E-state index in [0.29, 0.717) is 19.0 Å². The van der Waals surface area contributed by atoms with Crippen LogP contribution < -0.4 is 15.4 Å². The summed E-state index contributed by atoms with van der Waals surface area (Å²) in [7, 11) is 3.71. The van der Waals surface area contributed by atoms with Gasteiger partial charge in [0, 0.05) is 32.4 Å². The Morgan fingerprint density at radius 1 is 1.21 bits per heavy atom. The van der Waals surface area contributed by atoms with Crippen LogP contribution in [0.3, 0.4) is 0 Å². The maximum absolute atomic E-state index is 6.06. The predicted octanol–water partition coefficient (Wildman–Crippen LogP) is 4.03. The van der Waals surface area contributed by atoms with Crippen molar-refractivity contribution in [1.29, 1.82) is 0 Å². The molecule has 0 saturated carbocycles. The number of aromatic nitrogens is 2. The number of hydrogen-bond donors (Lipinski definition) is 2. The fourth-order valence-electron chi connectivity index (χ4n) is 2.76. The van der Waals surface area contributed by atoms with E-state index >= 15 is 0 Å². The highest BCUT2D eigenvalue weighted by Crippen LogP contribution is 2.21. The Hall–Kier alpha value is -1.77. The Morgan fingerprint density at radius 2 is 1.96 bits per heavy atom. The van der Waals surface area contributed by atoms with Gasteiger partial charge in [-0.3, -0.25) is 9.67 Å². The topological polar surface area (TPSA) is 63.5 Å². The number of ether oxygens (including phenoxy) is 1. The number of halogens is 1. The fraction of sp³-hybridized carbons (Fsp3) is 0.524. The number of nitrogens with zero attached hydrogens (tertiary/aromatic N) is 3. The van der Waals surface area contributed by atoms with E-state index < -0.39 is 0 Å². The predicted molar refractivity (Wildman–Crippen MR) is 126 cm³/mol. The molecule has 156 valence electrons. The minimum atomic E-state index is 0. The van der Waals surface area contributed by atoms with E-state index in [-0.39, 0.29) is 24.0 Å². The van der Waals surface area contributed by atoms with Gasteiger partial charge < -0.3 is 15.4 Å². The summed E-state index contributed by atoms with van der Waals surface area (Å²) in [4.78, 5) is 4.30. The molecule has 0 aliphatic rings. The van der Waals surface area contributed by atoms with Crippen LogP contribution in [0.25, 0.3) is 0 Å². The maximum Gasteiger partial charge on any atom is 0.191 e. The highest BCUT2D eigenvalue weighted by Gasteiger charge is 2.07. The third-order valence-electron chi connectivity index (χ3n) is 4.44. The van der Waals surface area contributed by atoms with E-state index in [9.17, 15) is 0 Å². The van der Waals surface area contributed by atoms with Crippen molar-refractivity contribution in [1.82, 2.24) is 20.4 Å². The molecule has 1 aromatic carbocycles. The number of nitrogens with one attached hydrogen (secondary N) is 2. The van der Waals surface area contributed by atoms with Crippen LogP contribution >= 0.6 is 24.0 Å². The molecule has 6 nitrogen and oxygen atoms in total. The molecule has 2 rings (SSSR count). The molecule has 1 aromatic heterocycles. The van der Waals surface area contributed by atoms with Crippen molar-refractivity contribution in [2.45, 2.75) is 46.7 Å². The molecule has 0 bridgehead atoms. The Labute approximate surface area is 186 Å². The summed E-state index contributed by atoms with van der Waals surface area (Å²) in [6.07, 6.45) is 4.05. The number of benzene rings is 1. The van der Waals surface area contributed by atoms with Gasteiger partial charge in [-0.2, -0.15) is 5.10 Å². The van der Waals surface area contributed by atoms with Crippen molar-refractivity contribution < 1.29 is 4.74 Å². The molecule has 2 aromatic rings. The normalized spacial score (nSPS) is 11.3. The Morgan fingerprint density at radius 3 is 2.61 bits per heavy atom. The van der Waals surface area contributed by atoms with Crippen LogP contribution in [0.4, 0.5) is 0 Å². The second kappa shape index (κ2) is 12.6. The summed E-state index contributed by atoms with van der Waals surface area (Å²) < 4.78 is 7.91. The number of aliphatic imine (C=N–C) groups is 1. The van der Waals surface area contributed by atoms with Crippen molar-refractivity contribution in [2.24, 2.45) is 18.0 Å². The van der Waals surface area contributed by atoms with Gasteiger partial charge in [-0.05, 0) is 43.4 Å². The van der Waals surface area contributed by atoms with E-state index in [1.54, 1.807) is 13.2 Å². The fourth-order valence-corrected chi connectivity index (χ4v) is 2.76. The lowest BCUT2D eigenvalue weighted by molar-refractivity contribution is 0.294. The molecule has 0 spiro atoms. The molecule has 0 atom stereocenters. The van der Waals surface area contributed by atoms with Gasteiger partial charge in [-0.25, -0.2) is 0 Å². The average molecular weight is 499 g/mol. The van der Waals surface area contributed by atoms with Crippen LogP contribution in [-0.2, 0) is 20.1 Å². The summed E-state index contributed by atoms with van der Waals surface area (Å²) in [5.41, 5.74) is 3.44. The molecule has 28 heavy (non-hydrogen) atoms. The van der Waals surface area contributed by atoms with Crippen molar-refractivity contribution in [3.63, 3.8) is 0 Å². The van der Waals surface area contributed by atoms with Crippen LogP contribution in [0.2, 0.25) is 0 Å². The lowest BCUT2D eigenvalue weighted by atomic mass is 10.1. The summed E-state index contributed by atoms with van der Waals surface area (Å²) in [6.45, 7) is 8.65. The van der Waals surface area contributed by atoms with E-state index in [1.165, 1.54) is 12.0 Å². The third kappa shape index (κ3) is 8.08. The quantitative estimate of drug-likeness (QED) is 0.237. The largest absolute Gasteiger partial charge is 0.493 e. The van der Waals surface area contributed by atoms with Crippen LogP contribution in [0.15, 0.2) is 35.5 Å². The summed E-state index contributed by atoms with van der Waals surface area (Å²) in [5.74, 6) is 2.41. The van der Waals surface area contributed by atoms with E-state index in [0.717, 1.165) is 36.0 Å². The molecular weight excluding hydrogens is 465 g/mol. The van der Waals surface area contributed by atoms with Gasteiger partial charge in [0.15, 0.2) is 5.96 Å². The highest BCUT2D eigenvalue weighted by atomic mass is 127. The zero-order valence-corrected chi connectivity index (χ0v) is 20.0. The van der Waals surface area contributed by atoms with Gasteiger partial charge in [0.25, 0.3) is 0 Å². The van der Waals surface area contributed by atoms with Crippen molar-refractivity contribution in [3.05, 3.63) is 47.3 Å². The number of guanidine groups is 1. The first-order chi connectivity index (χ1) is 13.0. The molecule has 0 aliphatic heterocycles. The van der Waals surface area contributed by atoms with E-state index in [4.69, 9.17) is 4.74 Å². The molecule has 0 amide bonds. The minimum absolute atomic E-state index is 0. The summed E-state index contributed by atoms with van der Waals surface area (Å²) >= 11 is 0. The second-order valence-electron chi connectivity index (χ2n) is 7.22. The van der Waals surface area contributed by atoms with E-state index in [1.807, 2.05) is 17.8 Å². The summed E-state index contributed by atoms with van der Waals surface area (Å²) in [5, 5.41) is 10.9. The van der Waals surface area contributed by atoms with Gasteiger partial charge in [-0.15, -0.1) is 24.0 Å². The van der Waals surface area contributed by atoms with Crippen LogP contribution in [0, 0.1) is 12.8 Å². The summed E-state index contributed by atoms with van der Waals surface area (Å²) in [6, 6.07) is 8.33.